The molecule has 7 rings (SSSR count). The van der Waals surface area contributed by atoms with Crippen LogP contribution in [0.15, 0.2) is 157 Å². The molecule has 2 aliphatic rings. The molecule has 0 saturated carbocycles. The van der Waals surface area contributed by atoms with Crippen molar-refractivity contribution in [1.29, 1.82) is 0 Å². The molecule has 194 valence electrons. The van der Waals surface area contributed by atoms with Crippen LogP contribution in [0.1, 0.15) is 19.3 Å². The Kier molecular flexibility index (Phi) is 6.51. The third-order valence-electron chi connectivity index (χ3n) is 7.91. The molecule has 0 aromatic heterocycles. The molecule has 40 heavy (non-hydrogen) atoms. The van der Waals surface area contributed by atoms with E-state index in [0.29, 0.717) is 0 Å². The van der Waals surface area contributed by atoms with Crippen LogP contribution in [-0.2, 0) is 0 Å². The number of hydrogen-bond acceptors (Lipinski definition) is 2. The summed E-state index contributed by atoms with van der Waals surface area (Å²) in [6, 6.07) is 39.6. The fourth-order valence-corrected chi connectivity index (χ4v) is 6.17. The molecule has 0 bridgehead atoms. The number of para-hydroxylation sites is 2. The number of nitrogens with zero attached hydrogens (tertiary/aromatic N) is 2. The molecular formula is C38H32N2. The van der Waals surface area contributed by atoms with Crippen molar-refractivity contribution in [1.82, 2.24) is 0 Å². The van der Waals surface area contributed by atoms with Gasteiger partial charge in [0.2, 0.25) is 0 Å². The van der Waals surface area contributed by atoms with E-state index < -0.39 is 0 Å². The molecule has 0 spiro atoms. The quantitative estimate of drug-likeness (QED) is 0.164. The van der Waals surface area contributed by atoms with Crippen molar-refractivity contribution in [2.75, 3.05) is 9.80 Å². The number of allylic oxidation sites excluding steroid dienone is 5. The highest BCUT2D eigenvalue weighted by atomic mass is 15.2. The Labute approximate surface area is 236 Å². The Morgan fingerprint density at radius 1 is 0.525 bits per heavy atom. The monoisotopic (exact) mass is 516 g/mol. The topological polar surface area (TPSA) is 6.48 Å². The van der Waals surface area contributed by atoms with Crippen molar-refractivity contribution in [3.63, 3.8) is 0 Å². The summed E-state index contributed by atoms with van der Waals surface area (Å²) < 4.78 is 0. The fraction of sp³-hybridized carbons (Fsp3) is 0.105. The lowest BCUT2D eigenvalue weighted by atomic mass is 9.93. The SMILES string of the molecule is C1=CCC(N(C2=CCCC=C2)c2c3ccccc3c(N(c3ccccc3)c3ccccc3)c3ccccc23)C=C1. The Balaban J connectivity index is 1.58. The van der Waals surface area contributed by atoms with Gasteiger partial charge in [0.25, 0.3) is 0 Å². The van der Waals surface area contributed by atoms with Gasteiger partial charge in [0.15, 0.2) is 0 Å². The Bertz CT molecular complexity index is 1680. The Morgan fingerprint density at radius 3 is 1.57 bits per heavy atom. The lowest BCUT2D eigenvalue weighted by Crippen LogP contribution is -2.34. The first-order chi connectivity index (χ1) is 19.9. The van der Waals surface area contributed by atoms with E-state index in [1.54, 1.807) is 0 Å². The van der Waals surface area contributed by atoms with Crippen molar-refractivity contribution >= 4 is 44.3 Å². The molecule has 2 nitrogen and oxygen atoms in total. The first kappa shape index (κ1) is 24.2. The zero-order valence-electron chi connectivity index (χ0n) is 22.5. The van der Waals surface area contributed by atoms with Crippen LogP contribution in [0.4, 0.5) is 22.7 Å². The molecule has 0 aliphatic heterocycles. The maximum atomic E-state index is 2.58. The van der Waals surface area contributed by atoms with Crippen molar-refractivity contribution in [2.24, 2.45) is 0 Å². The first-order valence-corrected chi connectivity index (χ1v) is 14.2. The molecule has 5 aromatic carbocycles. The largest absolute Gasteiger partial charge is 0.333 e. The second-order valence-corrected chi connectivity index (χ2v) is 10.4. The van der Waals surface area contributed by atoms with Gasteiger partial charge >= 0.3 is 0 Å². The average Bonchev–Trinajstić information content (AvgIpc) is 3.04. The van der Waals surface area contributed by atoms with Crippen molar-refractivity contribution < 1.29 is 0 Å². The van der Waals surface area contributed by atoms with E-state index in [0.717, 1.165) is 30.6 Å². The normalized spacial score (nSPS) is 16.3. The highest BCUT2D eigenvalue weighted by molar-refractivity contribution is 6.22. The minimum atomic E-state index is 0.246. The van der Waals surface area contributed by atoms with E-state index in [1.807, 2.05) is 0 Å². The average molecular weight is 517 g/mol. The second-order valence-electron chi connectivity index (χ2n) is 10.4. The lowest BCUT2D eigenvalue weighted by Gasteiger charge is -2.37. The van der Waals surface area contributed by atoms with E-state index >= 15 is 0 Å². The highest BCUT2D eigenvalue weighted by Gasteiger charge is 2.27. The molecule has 0 radical (unpaired) electrons. The van der Waals surface area contributed by atoms with Gasteiger partial charge in [0.1, 0.15) is 0 Å². The van der Waals surface area contributed by atoms with Gasteiger partial charge in [-0.2, -0.15) is 0 Å². The number of hydrogen-bond donors (Lipinski definition) is 0. The molecule has 0 heterocycles. The van der Waals surface area contributed by atoms with Crippen LogP contribution in [-0.4, -0.2) is 6.04 Å². The lowest BCUT2D eigenvalue weighted by molar-refractivity contribution is 0.759. The summed E-state index contributed by atoms with van der Waals surface area (Å²) in [6.07, 6.45) is 19.2. The fourth-order valence-electron chi connectivity index (χ4n) is 6.17. The summed E-state index contributed by atoms with van der Waals surface area (Å²) >= 11 is 0. The number of anilines is 4. The number of fused-ring (bicyclic) bond motifs is 2. The van der Waals surface area contributed by atoms with Gasteiger partial charge in [0.05, 0.1) is 17.4 Å². The third kappa shape index (κ3) is 4.32. The first-order valence-electron chi connectivity index (χ1n) is 14.2. The molecule has 1 unspecified atom stereocenters. The summed E-state index contributed by atoms with van der Waals surface area (Å²) in [5, 5.41) is 5.00. The molecule has 0 saturated heterocycles. The van der Waals surface area contributed by atoms with Crippen LogP contribution in [0.5, 0.6) is 0 Å². The van der Waals surface area contributed by atoms with E-state index in [1.165, 1.54) is 38.6 Å². The van der Waals surface area contributed by atoms with Crippen LogP contribution in [0.3, 0.4) is 0 Å². The van der Waals surface area contributed by atoms with Gasteiger partial charge in [-0.3, -0.25) is 0 Å². The summed E-state index contributed by atoms with van der Waals surface area (Å²) in [6.45, 7) is 0. The zero-order valence-corrected chi connectivity index (χ0v) is 22.5. The van der Waals surface area contributed by atoms with Crippen molar-refractivity contribution in [2.45, 2.75) is 25.3 Å². The van der Waals surface area contributed by atoms with Crippen LogP contribution in [0.2, 0.25) is 0 Å². The molecule has 2 heteroatoms. The standard InChI is InChI=1S/C38H32N2/c1-5-17-29(18-6-1)39(30-19-7-2-8-20-30)37-33-25-13-15-27-35(33)38(36-28-16-14-26-34(36)37)40(31-21-9-3-10-22-31)32-23-11-4-12-24-32/h1-3,5-11,13-21,23-28,31H,4,12,22H2. The third-order valence-corrected chi connectivity index (χ3v) is 7.91. The van der Waals surface area contributed by atoms with Crippen LogP contribution >= 0.6 is 0 Å². The van der Waals surface area contributed by atoms with Gasteiger partial charge in [-0.25, -0.2) is 0 Å². The van der Waals surface area contributed by atoms with Gasteiger partial charge in [0, 0.05) is 38.6 Å². The Morgan fingerprint density at radius 2 is 1.07 bits per heavy atom. The number of benzene rings is 5. The van der Waals surface area contributed by atoms with Gasteiger partial charge in [-0.05, 0) is 49.6 Å². The van der Waals surface area contributed by atoms with E-state index in [2.05, 4.69) is 162 Å². The van der Waals surface area contributed by atoms with Crippen LogP contribution < -0.4 is 9.80 Å². The summed E-state index contributed by atoms with van der Waals surface area (Å²) in [7, 11) is 0. The van der Waals surface area contributed by atoms with Crippen molar-refractivity contribution in [3.8, 4) is 0 Å². The van der Waals surface area contributed by atoms with E-state index in [4.69, 9.17) is 0 Å². The molecule has 0 fully saturated rings. The zero-order chi connectivity index (χ0) is 26.7. The van der Waals surface area contributed by atoms with Crippen molar-refractivity contribution in [3.05, 3.63) is 157 Å². The smallest absolute Gasteiger partial charge is 0.0619 e. The molecule has 0 amide bonds. The van der Waals surface area contributed by atoms with Gasteiger partial charge < -0.3 is 9.80 Å². The Hall–Kier alpha value is -4.82. The maximum Gasteiger partial charge on any atom is 0.0619 e. The summed E-state index contributed by atoms with van der Waals surface area (Å²) in [5.41, 5.74) is 6.05. The maximum absolute atomic E-state index is 2.58. The summed E-state index contributed by atoms with van der Waals surface area (Å²) in [5.74, 6) is 0. The second kappa shape index (κ2) is 10.7. The van der Waals surface area contributed by atoms with Crippen LogP contribution in [0.25, 0.3) is 21.5 Å². The number of rotatable bonds is 6. The predicted octanol–water partition coefficient (Wildman–Crippen LogP) is 10.4. The molecule has 2 aliphatic carbocycles. The highest BCUT2D eigenvalue weighted by Crippen LogP contribution is 2.49. The van der Waals surface area contributed by atoms with E-state index in [9.17, 15) is 0 Å². The molecule has 5 aromatic rings. The molecule has 1 atom stereocenters. The minimum Gasteiger partial charge on any atom is -0.333 e. The van der Waals surface area contributed by atoms with Gasteiger partial charge in [-0.15, -0.1) is 0 Å². The predicted molar refractivity (Wildman–Crippen MR) is 172 cm³/mol. The van der Waals surface area contributed by atoms with E-state index in [-0.39, 0.29) is 6.04 Å². The molecular weight excluding hydrogens is 484 g/mol. The van der Waals surface area contributed by atoms with Crippen LogP contribution in [0, 0.1) is 0 Å². The molecule has 0 N–H and O–H groups in total. The minimum absolute atomic E-state index is 0.246. The van der Waals surface area contributed by atoms with Gasteiger partial charge in [-0.1, -0.05) is 121 Å². The summed E-state index contributed by atoms with van der Waals surface area (Å²) in [4.78, 5) is 5.00.